The molecule has 0 saturated heterocycles. The first-order valence-corrected chi connectivity index (χ1v) is 57.6. The number of unbranched alkanes of at least 4 members (excludes halogenated alkanes) is 21. The van der Waals surface area contributed by atoms with E-state index in [2.05, 4.69) is 259 Å². The minimum atomic E-state index is 0.192. The van der Waals surface area contributed by atoms with Crippen molar-refractivity contribution in [1.82, 2.24) is 14.7 Å². The SMILES string of the molecule is C=C1CC[C@H](C(=O)CCCCCC/C=C/C/C=C\CCCCCN(C)C)C/C1=C\C=C1/CCC[C@@]2(C)C1CC[C@@H]2[C@H](C)/C=C/[C@H](C)C(C)C.C=C1CC[C@H](C(=O)CCCCCCCCCCN(C)C)C/C1=C\C=C1/CCC[C@@]2(C)C1CC[C@@H]2[C@H](C)/C=C/[C@H](C)C(C)C.C=C1CC[C@H](C(=O)CCCCCCCCCCN(C)C)C/C1=C\C=C1/CCC[C@@]2(C)C1CC[C@@H]2[C@H](C)CCCC(C)C. The molecule has 17 atom stereocenters. The molecule has 0 N–H and O–H groups in total. The minimum absolute atomic E-state index is 0.192. The molecular formula is C128H215N3O3. The molecule has 0 spiro atoms. The van der Waals surface area contributed by atoms with E-state index < -0.39 is 0 Å². The minimum Gasteiger partial charge on any atom is -0.309 e. The monoisotopic (exact) mass is 1840 g/mol. The van der Waals surface area contributed by atoms with E-state index in [0.29, 0.717) is 80.9 Å². The number of allylic oxidation sites excluding steroid dienone is 23. The van der Waals surface area contributed by atoms with Crippen molar-refractivity contribution in [3.8, 4) is 0 Å². The van der Waals surface area contributed by atoms with E-state index in [4.69, 9.17) is 0 Å². The van der Waals surface area contributed by atoms with Crippen LogP contribution in [0.25, 0.3) is 0 Å². The van der Waals surface area contributed by atoms with Crippen LogP contribution >= 0.6 is 0 Å². The predicted molar refractivity (Wildman–Crippen MR) is 588 cm³/mol. The van der Waals surface area contributed by atoms with Gasteiger partial charge in [-0.3, -0.25) is 14.4 Å². The molecule has 0 radical (unpaired) electrons. The molecule has 134 heavy (non-hydrogen) atoms. The third-order valence-corrected chi connectivity index (χ3v) is 36.2. The van der Waals surface area contributed by atoms with E-state index in [0.717, 1.165) is 145 Å². The highest BCUT2D eigenvalue weighted by atomic mass is 16.1. The van der Waals surface area contributed by atoms with Crippen molar-refractivity contribution >= 4 is 17.3 Å². The van der Waals surface area contributed by atoms with Crippen molar-refractivity contribution in [1.29, 1.82) is 0 Å². The maximum absolute atomic E-state index is 13.2. The van der Waals surface area contributed by atoms with E-state index in [1.54, 1.807) is 16.7 Å². The van der Waals surface area contributed by atoms with Crippen LogP contribution in [-0.2, 0) is 14.4 Å². The Morgan fingerprint density at radius 2 is 0.634 bits per heavy atom. The van der Waals surface area contributed by atoms with Crippen LogP contribution in [0.2, 0.25) is 0 Å². The van der Waals surface area contributed by atoms with Crippen LogP contribution in [0.4, 0.5) is 0 Å². The summed E-state index contributed by atoms with van der Waals surface area (Å²) in [7, 11) is 12.9. The molecule has 9 fully saturated rings. The van der Waals surface area contributed by atoms with E-state index in [9.17, 15) is 14.4 Å². The number of ketones is 3. The highest BCUT2D eigenvalue weighted by Gasteiger charge is 2.53. The van der Waals surface area contributed by atoms with Gasteiger partial charge in [0, 0.05) is 37.0 Å². The lowest BCUT2D eigenvalue weighted by Crippen LogP contribution is -2.36. The maximum Gasteiger partial charge on any atom is 0.136 e. The summed E-state index contributed by atoms with van der Waals surface area (Å²) in [6.07, 6.45) is 102. The molecule has 0 aromatic rings. The van der Waals surface area contributed by atoms with Gasteiger partial charge < -0.3 is 14.7 Å². The lowest BCUT2D eigenvalue weighted by atomic mass is 9.60. The number of Topliss-reactive ketones (excluding diaryl/α,β-unsaturated/α-hetero) is 3. The highest BCUT2D eigenvalue weighted by Crippen LogP contribution is 2.63. The fourth-order valence-electron chi connectivity index (χ4n) is 26.5. The third-order valence-electron chi connectivity index (χ3n) is 36.2. The Bertz CT molecular complexity index is 3770. The average Bonchev–Trinajstić information content (AvgIpc) is 1.62. The standard InChI is InChI=1S/C47H77NO.C41H69NO.C40H69NO/c1-37(2)38(3)26-27-40(5)44-32-33-45-41(24-23-34-47(44,45)6)30-31-42-36-43(29-28-39(42)4)46(49)25-21-19-17-15-13-11-9-10-12-14-16-18-20-22-35-48(7)8;1-31(2)32(3)20-21-34(5)38-26-27-39-35(18-17-28-41(38,39)6)24-25-36-30-37(23-22-33(36)4)40(43)19-15-13-11-9-10-12-14-16-29-42(7)8;1-31(2)18-16-19-33(4)37-26-27-38-34(20-17-28-40(37,38)5)24-25-35-30-36(23-22-32(35)3)39(42)21-14-12-10-8-9-11-13-15-29-41(6)7/h9,11-12,14,26-27,30-31,37-38,40,43-45H,4,10,13,15-25,28-29,32-36H2,1-3,5-8H3;20-21,24-25,31-32,34,37-39H,4,9-19,22-23,26-30H2,1-3,5-8H3;24-25,31,33,36-38H,3,8-23,26-30H2,1-2,4-7H3/b11-9+,14-12-,27-26+,41-30+,42-31+;21-20+,35-24+,36-25+;34-24+,35-25+/t38-,40+,43-,44+,45?,47+;32-,34+,37-,38+,39?,41+;33-,36+,37-,38?,40-/m001/s1. The maximum atomic E-state index is 13.2. The Morgan fingerprint density at radius 3 is 0.955 bits per heavy atom. The summed E-state index contributed by atoms with van der Waals surface area (Å²) in [5.41, 5.74) is 14.2. The molecule has 6 heteroatoms. The van der Waals surface area contributed by atoms with Crippen LogP contribution in [0.1, 0.15) is 456 Å². The summed E-state index contributed by atoms with van der Waals surface area (Å²) in [6, 6.07) is 0. The predicted octanol–water partition coefficient (Wildman–Crippen LogP) is 36.5. The first-order chi connectivity index (χ1) is 64.2. The highest BCUT2D eigenvalue weighted by molar-refractivity contribution is 5.83. The summed E-state index contributed by atoms with van der Waals surface area (Å²) in [5, 5.41) is 0. The Kier molecular flexibility index (Phi) is 54.5. The van der Waals surface area contributed by atoms with Gasteiger partial charge in [-0.15, -0.1) is 0 Å². The van der Waals surface area contributed by atoms with Gasteiger partial charge in [-0.1, -0.05) is 351 Å². The second-order valence-corrected chi connectivity index (χ2v) is 48.7. The van der Waals surface area contributed by atoms with Crippen molar-refractivity contribution in [2.24, 2.45) is 117 Å². The molecule has 0 aliphatic heterocycles. The summed E-state index contributed by atoms with van der Waals surface area (Å²) >= 11 is 0. The van der Waals surface area contributed by atoms with Gasteiger partial charge in [-0.25, -0.2) is 0 Å². The van der Waals surface area contributed by atoms with Crippen LogP contribution in [0, 0.1) is 117 Å². The number of hydrogen-bond donors (Lipinski definition) is 0. The van der Waals surface area contributed by atoms with Crippen molar-refractivity contribution in [3.63, 3.8) is 0 Å². The third kappa shape index (κ3) is 39.8. The Labute approximate surface area is 831 Å². The molecule has 0 heterocycles. The Balaban J connectivity index is 0.000000275. The Hall–Kier alpha value is -4.49. The van der Waals surface area contributed by atoms with E-state index in [-0.39, 0.29) is 17.8 Å². The second-order valence-electron chi connectivity index (χ2n) is 48.7. The topological polar surface area (TPSA) is 60.9 Å². The largest absolute Gasteiger partial charge is 0.309 e. The van der Waals surface area contributed by atoms with Gasteiger partial charge in [0.1, 0.15) is 17.3 Å². The second kappa shape index (κ2) is 62.7. The van der Waals surface area contributed by atoms with Crippen molar-refractivity contribution in [2.75, 3.05) is 61.9 Å². The quantitative estimate of drug-likeness (QED) is 0.0447. The number of rotatable bonds is 56. The molecule has 9 saturated carbocycles. The average molecular weight is 1840 g/mol. The fraction of sp³-hybridized carbons (Fsp3) is 0.773. The van der Waals surface area contributed by atoms with Crippen molar-refractivity contribution < 1.29 is 14.4 Å². The van der Waals surface area contributed by atoms with Crippen LogP contribution < -0.4 is 0 Å². The van der Waals surface area contributed by atoms with Crippen LogP contribution in [-0.4, -0.2) is 94.0 Å². The molecule has 9 aliphatic carbocycles. The van der Waals surface area contributed by atoms with Crippen LogP contribution in [0.15, 0.2) is 155 Å². The lowest BCUT2D eigenvalue weighted by Gasteiger charge is -2.44. The number of fused-ring (bicyclic) bond motifs is 3. The molecule has 0 aromatic carbocycles. The van der Waals surface area contributed by atoms with Gasteiger partial charge in [-0.2, -0.15) is 0 Å². The first-order valence-electron chi connectivity index (χ1n) is 57.6. The zero-order valence-corrected chi connectivity index (χ0v) is 91.8. The molecule has 0 bridgehead atoms. The van der Waals surface area contributed by atoms with Crippen molar-refractivity contribution in [3.05, 3.63) is 155 Å². The van der Waals surface area contributed by atoms with E-state index in [1.807, 2.05) is 0 Å². The zero-order chi connectivity index (χ0) is 97.6. The molecular weight excluding hydrogens is 1630 g/mol. The van der Waals surface area contributed by atoms with Gasteiger partial charge >= 0.3 is 0 Å². The molecule has 9 rings (SSSR count). The van der Waals surface area contributed by atoms with Gasteiger partial charge in [0.25, 0.3) is 0 Å². The molecule has 0 aromatic heterocycles. The summed E-state index contributed by atoms with van der Waals surface area (Å²) in [5.74, 6) is 12.4. The fourth-order valence-corrected chi connectivity index (χ4v) is 26.5. The zero-order valence-electron chi connectivity index (χ0n) is 91.8. The summed E-state index contributed by atoms with van der Waals surface area (Å²) < 4.78 is 0. The number of nitrogens with zero attached hydrogens (tertiary/aromatic N) is 3. The molecule has 6 nitrogen and oxygen atoms in total. The molecule has 0 amide bonds. The van der Waals surface area contributed by atoms with E-state index in [1.165, 1.54) is 303 Å². The van der Waals surface area contributed by atoms with E-state index >= 15 is 0 Å². The number of carbonyl (C=O) groups is 3. The lowest BCUT2D eigenvalue weighted by molar-refractivity contribution is -0.124. The van der Waals surface area contributed by atoms with Gasteiger partial charge in [0.2, 0.25) is 0 Å². The van der Waals surface area contributed by atoms with Gasteiger partial charge in [0.05, 0.1) is 0 Å². The Morgan fingerprint density at radius 1 is 0.336 bits per heavy atom. The number of carbonyl (C=O) groups excluding carboxylic acids is 3. The van der Waals surface area contributed by atoms with Gasteiger partial charge in [-0.05, 0) is 402 Å². The summed E-state index contributed by atoms with van der Waals surface area (Å²) in [6.45, 7) is 51.0. The number of hydrogen-bond acceptors (Lipinski definition) is 6. The van der Waals surface area contributed by atoms with Crippen molar-refractivity contribution in [2.45, 2.75) is 456 Å². The molecule has 9 aliphatic rings. The normalized spacial score (nSPS) is 28.9. The van der Waals surface area contributed by atoms with Crippen LogP contribution in [0.3, 0.4) is 0 Å². The molecule has 3 unspecified atom stereocenters. The first kappa shape index (κ1) is 116. The summed E-state index contributed by atoms with van der Waals surface area (Å²) in [4.78, 5) is 46.4. The van der Waals surface area contributed by atoms with Crippen LogP contribution in [0.5, 0.6) is 0 Å². The smallest absolute Gasteiger partial charge is 0.136 e. The molecule has 760 valence electrons. The van der Waals surface area contributed by atoms with Gasteiger partial charge in [0.15, 0.2) is 0 Å².